The number of ether oxygens (including phenoxy) is 1. The van der Waals surface area contributed by atoms with E-state index in [-0.39, 0.29) is 5.75 Å². The van der Waals surface area contributed by atoms with Crippen molar-refractivity contribution >= 4 is 0 Å². The number of fused-ring (bicyclic) bond motifs is 1. The molecular weight excluding hydrogens is 274 g/mol. The highest BCUT2D eigenvalue weighted by atomic mass is 16.5. The molecule has 0 saturated carbocycles. The van der Waals surface area contributed by atoms with Gasteiger partial charge >= 0.3 is 0 Å². The summed E-state index contributed by atoms with van der Waals surface area (Å²) in [5, 5.41) is 9.55. The maximum absolute atomic E-state index is 9.55. The van der Waals surface area contributed by atoms with E-state index in [0.717, 1.165) is 31.7 Å². The first-order valence-electron chi connectivity index (χ1n) is 7.99. The second-order valence-electron chi connectivity index (χ2n) is 5.92. The van der Waals surface area contributed by atoms with E-state index in [2.05, 4.69) is 42.2 Å². The van der Waals surface area contributed by atoms with E-state index >= 15 is 0 Å². The van der Waals surface area contributed by atoms with Crippen LogP contribution in [0.2, 0.25) is 0 Å². The van der Waals surface area contributed by atoms with Gasteiger partial charge in [0.05, 0.1) is 0 Å². The van der Waals surface area contributed by atoms with E-state index in [0.29, 0.717) is 12.6 Å². The molecule has 0 saturated heterocycles. The largest absolute Gasteiger partial charge is 0.508 e. The highest BCUT2D eigenvalue weighted by Crippen LogP contribution is 2.30. The molecule has 22 heavy (non-hydrogen) atoms. The van der Waals surface area contributed by atoms with E-state index in [1.54, 1.807) is 12.1 Å². The van der Waals surface area contributed by atoms with Crippen LogP contribution in [0.4, 0.5) is 0 Å². The molecule has 1 heterocycles. The summed E-state index contributed by atoms with van der Waals surface area (Å²) in [7, 11) is 0. The Bertz CT molecular complexity index is 612. The number of hydrogen-bond acceptors (Lipinski definition) is 3. The third kappa shape index (κ3) is 3.42. The summed E-state index contributed by atoms with van der Waals surface area (Å²) < 4.78 is 5.88. The first kappa shape index (κ1) is 14.9. The molecule has 116 valence electrons. The van der Waals surface area contributed by atoms with Crippen molar-refractivity contribution < 1.29 is 9.84 Å². The van der Waals surface area contributed by atoms with E-state index in [1.165, 1.54) is 11.1 Å². The number of benzene rings is 2. The van der Waals surface area contributed by atoms with Crippen molar-refractivity contribution in [3.63, 3.8) is 0 Å². The van der Waals surface area contributed by atoms with Gasteiger partial charge in [0.15, 0.2) is 0 Å². The lowest BCUT2D eigenvalue weighted by molar-refractivity contribution is 0.112. The third-order valence-electron chi connectivity index (χ3n) is 4.19. The second-order valence-corrected chi connectivity index (χ2v) is 5.92. The molecule has 2 aromatic rings. The molecule has 0 bridgehead atoms. The zero-order valence-corrected chi connectivity index (χ0v) is 13.0. The molecule has 3 heteroatoms. The van der Waals surface area contributed by atoms with Crippen molar-refractivity contribution in [2.24, 2.45) is 0 Å². The molecule has 0 spiro atoms. The molecule has 0 aromatic heterocycles. The lowest BCUT2D eigenvalue weighted by Gasteiger charge is -2.35. The molecule has 3 rings (SSSR count). The molecule has 0 unspecified atom stereocenters. The summed E-state index contributed by atoms with van der Waals surface area (Å²) in [5.74, 6) is 1.10. The Hall–Kier alpha value is -2.00. The summed E-state index contributed by atoms with van der Waals surface area (Å²) in [6.07, 6.45) is 2.11. The maximum Gasteiger partial charge on any atom is 0.126 e. The van der Waals surface area contributed by atoms with Gasteiger partial charge in [-0.15, -0.1) is 0 Å². The van der Waals surface area contributed by atoms with Crippen LogP contribution in [0.5, 0.6) is 11.5 Å². The average molecular weight is 297 g/mol. The standard InChI is InChI=1S/C19H23NO2/c1-2-10-20(13-15-6-4-3-5-7-15)17-11-16-8-9-18(21)12-19(16)22-14-17/h3-9,12,17,21H,2,10-11,13-14H2,1H3/t17-/m0/s1. The number of phenolic OH excluding ortho intramolecular Hbond substituents is 1. The zero-order valence-electron chi connectivity index (χ0n) is 13.0. The smallest absolute Gasteiger partial charge is 0.126 e. The molecule has 1 aliphatic heterocycles. The van der Waals surface area contributed by atoms with Gasteiger partial charge in [0.2, 0.25) is 0 Å². The number of rotatable bonds is 5. The van der Waals surface area contributed by atoms with Crippen LogP contribution in [-0.2, 0) is 13.0 Å². The first-order chi connectivity index (χ1) is 10.8. The van der Waals surface area contributed by atoms with Gasteiger partial charge in [-0.1, -0.05) is 43.3 Å². The Kier molecular flexibility index (Phi) is 4.64. The van der Waals surface area contributed by atoms with Crippen LogP contribution < -0.4 is 4.74 Å². The second kappa shape index (κ2) is 6.84. The molecule has 0 radical (unpaired) electrons. The first-order valence-corrected chi connectivity index (χ1v) is 7.99. The molecule has 1 aliphatic rings. The Morgan fingerprint density at radius 1 is 1.18 bits per heavy atom. The minimum atomic E-state index is 0.270. The van der Waals surface area contributed by atoms with Gasteiger partial charge in [-0.3, -0.25) is 4.90 Å². The molecule has 1 atom stereocenters. The minimum Gasteiger partial charge on any atom is -0.508 e. The molecule has 1 N–H and O–H groups in total. The predicted molar refractivity (Wildman–Crippen MR) is 88.2 cm³/mol. The fraction of sp³-hybridized carbons (Fsp3) is 0.368. The van der Waals surface area contributed by atoms with Gasteiger partial charge in [-0.25, -0.2) is 0 Å². The summed E-state index contributed by atoms with van der Waals surface area (Å²) in [4.78, 5) is 2.51. The third-order valence-corrected chi connectivity index (χ3v) is 4.19. The van der Waals surface area contributed by atoms with Gasteiger partial charge < -0.3 is 9.84 Å². The topological polar surface area (TPSA) is 32.7 Å². The summed E-state index contributed by atoms with van der Waals surface area (Å²) in [5.41, 5.74) is 2.52. The number of nitrogens with zero attached hydrogens (tertiary/aromatic N) is 1. The van der Waals surface area contributed by atoms with Crippen LogP contribution in [-0.4, -0.2) is 29.2 Å². The molecule has 2 aromatic carbocycles. The van der Waals surface area contributed by atoms with Crippen LogP contribution in [0.3, 0.4) is 0 Å². The van der Waals surface area contributed by atoms with Gasteiger partial charge in [-0.2, -0.15) is 0 Å². The summed E-state index contributed by atoms with van der Waals surface area (Å²) in [6, 6.07) is 16.4. The average Bonchev–Trinajstić information content (AvgIpc) is 2.55. The zero-order chi connectivity index (χ0) is 15.4. The highest BCUT2D eigenvalue weighted by Gasteiger charge is 2.25. The van der Waals surface area contributed by atoms with Crippen molar-refractivity contribution in [3.8, 4) is 11.5 Å². The molecule has 3 nitrogen and oxygen atoms in total. The summed E-state index contributed by atoms with van der Waals surface area (Å²) >= 11 is 0. The van der Waals surface area contributed by atoms with Gasteiger partial charge in [0.25, 0.3) is 0 Å². The Morgan fingerprint density at radius 3 is 2.77 bits per heavy atom. The van der Waals surface area contributed by atoms with E-state index in [4.69, 9.17) is 4.74 Å². The minimum absolute atomic E-state index is 0.270. The lowest BCUT2D eigenvalue weighted by Crippen LogP contribution is -2.43. The Morgan fingerprint density at radius 2 is 2.00 bits per heavy atom. The molecule has 0 amide bonds. The maximum atomic E-state index is 9.55. The lowest BCUT2D eigenvalue weighted by atomic mass is 10.0. The monoisotopic (exact) mass is 297 g/mol. The van der Waals surface area contributed by atoms with Crippen LogP contribution in [0.25, 0.3) is 0 Å². The quantitative estimate of drug-likeness (QED) is 0.915. The fourth-order valence-electron chi connectivity index (χ4n) is 3.08. The molecular formula is C19H23NO2. The van der Waals surface area contributed by atoms with Gasteiger partial charge in [-0.05, 0) is 36.6 Å². The SMILES string of the molecule is CCCN(Cc1ccccc1)[C@@H]1COc2cc(O)ccc2C1. The normalized spacial score (nSPS) is 17.1. The van der Waals surface area contributed by atoms with E-state index in [1.807, 2.05) is 6.07 Å². The highest BCUT2D eigenvalue weighted by molar-refractivity contribution is 5.41. The number of hydrogen-bond donors (Lipinski definition) is 1. The van der Waals surface area contributed by atoms with Gasteiger partial charge in [0, 0.05) is 18.7 Å². The fourth-order valence-corrected chi connectivity index (χ4v) is 3.08. The van der Waals surface area contributed by atoms with Crippen molar-refractivity contribution in [3.05, 3.63) is 59.7 Å². The van der Waals surface area contributed by atoms with Crippen molar-refractivity contribution in [2.75, 3.05) is 13.2 Å². The van der Waals surface area contributed by atoms with Crippen molar-refractivity contribution in [2.45, 2.75) is 32.4 Å². The van der Waals surface area contributed by atoms with Crippen LogP contribution in [0.1, 0.15) is 24.5 Å². The Labute approximate surface area is 132 Å². The predicted octanol–water partition coefficient (Wildman–Crippen LogP) is 3.61. The van der Waals surface area contributed by atoms with Crippen LogP contribution in [0, 0.1) is 0 Å². The van der Waals surface area contributed by atoms with Gasteiger partial charge in [0.1, 0.15) is 18.1 Å². The molecule has 0 fully saturated rings. The van der Waals surface area contributed by atoms with Crippen LogP contribution in [0.15, 0.2) is 48.5 Å². The van der Waals surface area contributed by atoms with Crippen molar-refractivity contribution in [1.29, 1.82) is 0 Å². The molecule has 0 aliphatic carbocycles. The van der Waals surface area contributed by atoms with E-state index < -0.39 is 0 Å². The number of aromatic hydroxyl groups is 1. The van der Waals surface area contributed by atoms with Crippen LogP contribution >= 0.6 is 0 Å². The Balaban J connectivity index is 1.74. The van der Waals surface area contributed by atoms with E-state index in [9.17, 15) is 5.11 Å². The number of phenols is 1. The van der Waals surface area contributed by atoms with Crippen molar-refractivity contribution in [1.82, 2.24) is 4.90 Å². The summed E-state index contributed by atoms with van der Waals surface area (Å²) in [6.45, 7) is 4.92.